The second kappa shape index (κ2) is 5.32. The summed E-state index contributed by atoms with van der Waals surface area (Å²) < 4.78 is 0. The smallest absolute Gasteiger partial charge is 0.149 e. The number of unbranched alkanes of at least 4 members (excludes halogenated alkanes) is 2. The molecule has 1 aromatic rings. The number of nitrogens with one attached hydrogen (secondary N) is 1. The normalized spacial score (nSPS) is 10.1. The number of pyridine rings is 1. The van der Waals surface area contributed by atoms with Crippen molar-refractivity contribution in [3.63, 3.8) is 0 Å². The third-order valence-corrected chi connectivity index (χ3v) is 2.04. The van der Waals surface area contributed by atoms with Crippen LogP contribution in [-0.2, 0) is 0 Å². The van der Waals surface area contributed by atoms with Gasteiger partial charge in [-0.15, -0.1) is 0 Å². The Morgan fingerprint density at radius 1 is 1.29 bits per heavy atom. The topological polar surface area (TPSA) is 77.0 Å². The van der Waals surface area contributed by atoms with E-state index in [1.54, 1.807) is 6.07 Å². The second-order valence-corrected chi connectivity index (χ2v) is 3.30. The minimum absolute atomic E-state index is 0.394. The van der Waals surface area contributed by atoms with Crippen LogP contribution in [0.1, 0.15) is 26.2 Å². The van der Waals surface area contributed by atoms with Gasteiger partial charge in [-0.05, 0) is 18.6 Å². The molecule has 4 heteroatoms. The van der Waals surface area contributed by atoms with E-state index in [1.165, 1.54) is 12.8 Å². The van der Waals surface area contributed by atoms with Crippen molar-refractivity contribution in [3.05, 3.63) is 12.1 Å². The number of hydrogen-bond acceptors (Lipinski definition) is 4. The lowest BCUT2D eigenvalue weighted by molar-refractivity contribution is 0.742. The van der Waals surface area contributed by atoms with Crippen molar-refractivity contribution in [2.45, 2.75) is 26.2 Å². The average molecular weight is 194 g/mol. The highest BCUT2D eigenvalue weighted by molar-refractivity contribution is 5.61. The summed E-state index contributed by atoms with van der Waals surface area (Å²) in [6.45, 7) is 3.11. The molecule has 0 amide bonds. The summed E-state index contributed by atoms with van der Waals surface area (Å²) in [7, 11) is 0. The van der Waals surface area contributed by atoms with Gasteiger partial charge in [-0.1, -0.05) is 19.8 Å². The first-order chi connectivity index (χ1) is 6.74. The van der Waals surface area contributed by atoms with Gasteiger partial charge in [0.05, 0.1) is 5.69 Å². The summed E-state index contributed by atoms with van der Waals surface area (Å²) in [6, 6.07) is 3.61. The highest BCUT2D eigenvalue weighted by Gasteiger charge is 1.97. The Kier molecular flexibility index (Phi) is 4.04. The van der Waals surface area contributed by atoms with Crippen molar-refractivity contribution in [1.82, 2.24) is 4.98 Å². The van der Waals surface area contributed by atoms with Crippen LogP contribution in [0.25, 0.3) is 0 Å². The molecule has 0 unspecified atom stereocenters. The number of nitrogens with zero attached hydrogens (tertiary/aromatic N) is 1. The zero-order valence-electron chi connectivity index (χ0n) is 8.59. The van der Waals surface area contributed by atoms with Gasteiger partial charge in [0.1, 0.15) is 11.6 Å². The van der Waals surface area contributed by atoms with Crippen molar-refractivity contribution in [1.29, 1.82) is 0 Å². The quantitative estimate of drug-likeness (QED) is 0.625. The molecular weight excluding hydrogens is 176 g/mol. The molecule has 0 radical (unpaired) electrons. The van der Waals surface area contributed by atoms with Crippen LogP contribution in [0.3, 0.4) is 0 Å². The second-order valence-electron chi connectivity index (χ2n) is 3.30. The summed E-state index contributed by atoms with van der Waals surface area (Å²) in [5, 5.41) is 3.20. The maximum Gasteiger partial charge on any atom is 0.149 e. The van der Waals surface area contributed by atoms with Gasteiger partial charge in [-0.2, -0.15) is 0 Å². The zero-order chi connectivity index (χ0) is 10.4. The lowest BCUT2D eigenvalue weighted by Gasteiger charge is -2.06. The molecule has 1 heterocycles. The molecule has 1 aromatic heterocycles. The van der Waals surface area contributed by atoms with Gasteiger partial charge in [0.25, 0.3) is 0 Å². The Morgan fingerprint density at radius 3 is 2.71 bits per heavy atom. The Labute approximate surface area is 84.7 Å². The molecular formula is C10H18N4. The van der Waals surface area contributed by atoms with E-state index < -0.39 is 0 Å². The number of rotatable bonds is 5. The molecule has 1 rings (SSSR count). The van der Waals surface area contributed by atoms with E-state index in [1.807, 2.05) is 6.07 Å². The molecule has 0 aliphatic rings. The van der Waals surface area contributed by atoms with Gasteiger partial charge >= 0.3 is 0 Å². The van der Waals surface area contributed by atoms with Gasteiger partial charge in [-0.25, -0.2) is 4.98 Å². The largest absolute Gasteiger partial charge is 0.396 e. The van der Waals surface area contributed by atoms with Crippen LogP contribution in [-0.4, -0.2) is 11.5 Å². The van der Waals surface area contributed by atoms with Gasteiger partial charge in [-0.3, -0.25) is 0 Å². The summed E-state index contributed by atoms with van der Waals surface area (Å²) in [4.78, 5) is 4.11. The summed E-state index contributed by atoms with van der Waals surface area (Å²) >= 11 is 0. The van der Waals surface area contributed by atoms with Crippen LogP contribution < -0.4 is 16.8 Å². The van der Waals surface area contributed by atoms with Crippen molar-refractivity contribution in [2.24, 2.45) is 0 Å². The molecule has 4 nitrogen and oxygen atoms in total. The van der Waals surface area contributed by atoms with Gasteiger partial charge < -0.3 is 16.8 Å². The molecule has 0 saturated carbocycles. The van der Waals surface area contributed by atoms with Crippen LogP contribution in [0, 0.1) is 0 Å². The maximum absolute atomic E-state index is 5.57. The molecule has 0 spiro atoms. The van der Waals surface area contributed by atoms with Gasteiger partial charge in [0.2, 0.25) is 0 Å². The van der Waals surface area contributed by atoms with E-state index in [4.69, 9.17) is 11.5 Å². The predicted molar refractivity (Wildman–Crippen MR) is 61.1 cm³/mol. The number of anilines is 3. The monoisotopic (exact) mass is 194 g/mol. The molecule has 0 fully saturated rings. The first kappa shape index (κ1) is 10.6. The van der Waals surface area contributed by atoms with Gasteiger partial charge in [0.15, 0.2) is 0 Å². The number of nitrogens with two attached hydrogens (primary N) is 2. The molecule has 0 aromatic carbocycles. The lowest BCUT2D eigenvalue weighted by Crippen LogP contribution is -2.05. The van der Waals surface area contributed by atoms with Gasteiger partial charge in [0, 0.05) is 6.54 Å². The SMILES string of the molecule is CCCCCNc1ccc(N)c(N)n1. The number of aromatic nitrogens is 1. The molecule has 0 aliphatic carbocycles. The molecule has 78 valence electrons. The Bertz CT molecular complexity index is 285. The molecule has 0 bridgehead atoms. The lowest BCUT2D eigenvalue weighted by atomic mass is 10.2. The minimum atomic E-state index is 0.394. The first-order valence-electron chi connectivity index (χ1n) is 5.00. The van der Waals surface area contributed by atoms with Crippen molar-refractivity contribution >= 4 is 17.3 Å². The van der Waals surface area contributed by atoms with E-state index in [-0.39, 0.29) is 0 Å². The average Bonchev–Trinajstić information content (AvgIpc) is 2.18. The first-order valence-corrected chi connectivity index (χ1v) is 5.00. The Hall–Kier alpha value is -1.45. The van der Waals surface area contributed by atoms with E-state index >= 15 is 0 Å². The fourth-order valence-corrected chi connectivity index (χ4v) is 1.18. The van der Waals surface area contributed by atoms with Crippen LogP contribution in [0.15, 0.2) is 12.1 Å². The maximum atomic E-state index is 5.57. The standard InChI is InChI=1S/C10H18N4/c1-2-3-4-7-13-9-6-5-8(11)10(12)14-9/h5-6H,2-4,7,11H2,1H3,(H3,12,13,14). The number of hydrogen-bond donors (Lipinski definition) is 3. The molecule has 0 saturated heterocycles. The summed E-state index contributed by atoms with van der Waals surface area (Å²) in [6.07, 6.45) is 3.61. The molecule has 14 heavy (non-hydrogen) atoms. The third kappa shape index (κ3) is 3.12. The summed E-state index contributed by atoms with van der Waals surface area (Å²) in [5.41, 5.74) is 11.7. The van der Waals surface area contributed by atoms with Crippen LogP contribution in [0.4, 0.5) is 17.3 Å². The third-order valence-electron chi connectivity index (χ3n) is 2.04. The molecule has 0 aliphatic heterocycles. The van der Waals surface area contributed by atoms with Crippen LogP contribution in [0.2, 0.25) is 0 Å². The van der Waals surface area contributed by atoms with E-state index in [2.05, 4.69) is 17.2 Å². The zero-order valence-corrected chi connectivity index (χ0v) is 8.59. The van der Waals surface area contributed by atoms with Crippen molar-refractivity contribution < 1.29 is 0 Å². The predicted octanol–water partition coefficient (Wildman–Crippen LogP) is 1.85. The van der Waals surface area contributed by atoms with Crippen LogP contribution in [0.5, 0.6) is 0 Å². The highest BCUT2D eigenvalue weighted by Crippen LogP contribution is 2.14. The molecule has 0 atom stereocenters. The van der Waals surface area contributed by atoms with E-state index in [0.717, 1.165) is 18.8 Å². The Balaban J connectivity index is 2.39. The fraction of sp³-hybridized carbons (Fsp3) is 0.500. The van der Waals surface area contributed by atoms with E-state index in [0.29, 0.717) is 11.5 Å². The van der Waals surface area contributed by atoms with Crippen molar-refractivity contribution in [3.8, 4) is 0 Å². The minimum Gasteiger partial charge on any atom is -0.396 e. The fourth-order valence-electron chi connectivity index (χ4n) is 1.18. The summed E-state index contributed by atoms with van der Waals surface area (Å²) in [5.74, 6) is 1.19. The van der Waals surface area contributed by atoms with Crippen molar-refractivity contribution in [2.75, 3.05) is 23.3 Å². The van der Waals surface area contributed by atoms with E-state index in [9.17, 15) is 0 Å². The Morgan fingerprint density at radius 2 is 2.07 bits per heavy atom. The van der Waals surface area contributed by atoms with Crippen LogP contribution >= 0.6 is 0 Å². The number of nitrogen functional groups attached to an aromatic ring is 2. The molecule has 5 N–H and O–H groups in total. The highest BCUT2D eigenvalue weighted by atomic mass is 15.0.